The molecule has 1 unspecified atom stereocenters. The SMILES string of the molecule is C[C@@H]1CNCCN1C(=O)C1Cc2ccccc2O1. The number of hydrogen-bond donors (Lipinski definition) is 1. The highest BCUT2D eigenvalue weighted by atomic mass is 16.5. The van der Waals surface area contributed by atoms with Crippen LogP contribution in [0.5, 0.6) is 5.75 Å². The van der Waals surface area contributed by atoms with E-state index in [-0.39, 0.29) is 18.1 Å². The molecule has 1 fully saturated rings. The molecule has 4 heteroatoms. The van der Waals surface area contributed by atoms with Gasteiger partial charge in [0.15, 0.2) is 6.10 Å². The standard InChI is InChI=1S/C14H18N2O2/c1-10-9-15-6-7-16(10)14(17)13-8-11-4-2-3-5-12(11)18-13/h2-5,10,13,15H,6-9H2,1H3/t10-,13?/m1/s1. The molecule has 96 valence electrons. The molecule has 1 aromatic carbocycles. The van der Waals surface area contributed by atoms with Gasteiger partial charge in [-0.2, -0.15) is 0 Å². The van der Waals surface area contributed by atoms with Gasteiger partial charge in [-0.3, -0.25) is 4.79 Å². The molecule has 18 heavy (non-hydrogen) atoms. The molecule has 2 aliphatic heterocycles. The Hall–Kier alpha value is -1.55. The number of para-hydroxylation sites is 1. The van der Waals surface area contributed by atoms with Gasteiger partial charge in [0, 0.05) is 32.1 Å². The summed E-state index contributed by atoms with van der Waals surface area (Å²) in [5.41, 5.74) is 1.14. The zero-order chi connectivity index (χ0) is 12.5. The fourth-order valence-corrected chi connectivity index (χ4v) is 2.67. The maximum absolute atomic E-state index is 12.5. The number of fused-ring (bicyclic) bond motifs is 1. The largest absolute Gasteiger partial charge is 0.480 e. The molecule has 1 N–H and O–H groups in total. The number of carbonyl (C=O) groups is 1. The summed E-state index contributed by atoms with van der Waals surface area (Å²) in [6, 6.07) is 8.15. The van der Waals surface area contributed by atoms with E-state index < -0.39 is 0 Å². The minimum atomic E-state index is -0.331. The number of piperazine rings is 1. The first-order valence-corrected chi connectivity index (χ1v) is 6.51. The van der Waals surface area contributed by atoms with E-state index in [0.29, 0.717) is 6.42 Å². The normalized spacial score (nSPS) is 26.6. The van der Waals surface area contributed by atoms with Crippen LogP contribution in [0, 0.1) is 0 Å². The summed E-state index contributed by atoms with van der Waals surface area (Å²) < 4.78 is 5.76. The molecule has 0 aromatic heterocycles. The second-order valence-corrected chi connectivity index (χ2v) is 5.00. The molecule has 0 saturated carbocycles. The van der Waals surface area contributed by atoms with E-state index in [4.69, 9.17) is 4.74 Å². The van der Waals surface area contributed by atoms with Gasteiger partial charge < -0.3 is 15.0 Å². The molecule has 2 aliphatic rings. The van der Waals surface area contributed by atoms with Crippen LogP contribution in [0.4, 0.5) is 0 Å². The zero-order valence-corrected chi connectivity index (χ0v) is 10.6. The van der Waals surface area contributed by atoms with Crippen molar-refractivity contribution >= 4 is 5.91 Å². The molecule has 0 radical (unpaired) electrons. The summed E-state index contributed by atoms with van der Waals surface area (Å²) >= 11 is 0. The van der Waals surface area contributed by atoms with Crippen molar-refractivity contribution in [3.8, 4) is 5.75 Å². The first-order valence-electron chi connectivity index (χ1n) is 6.51. The lowest BCUT2D eigenvalue weighted by Gasteiger charge is -2.35. The van der Waals surface area contributed by atoms with Gasteiger partial charge in [0.1, 0.15) is 5.75 Å². The fraction of sp³-hybridized carbons (Fsp3) is 0.500. The average molecular weight is 246 g/mol. The molecular weight excluding hydrogens is 228 g/mol. The molecule has 3 rings (SSSR count). The van der Waals surface area contributed by atoms with E-state index in [1.54, 1.807) is 0 Å². The summed E-state index contributed by atoms with van der Waals surface area (Å²) in [6.07, 6.45) is 0.369. The van der Waals surface area contributed by atoms with E-state index in [9.17, 15) is 4.79 Å². The van der Waals surface area contributed by atoms with E-state index >= 15 is 0 Å². The predicted molar refractivity (Wildman–Crippen MR) is 68.6 cm³/mol. The Morgan fingerprint density at radius 2 is 2.28 bits per heavy atom. The number of hydrogen-bond acceptors (Lipinski definition) is 3. The lowest BCUT2D eigenvalue weighted by Crippen LogP contribution is -2.55. The maximum atomic E-state index is 12.5. The average Bonchev–Trinajstić information content (AvgIpc) is 2.82. The fourth-order valence-electron chi connectivity index (χ4n) is 2.67. The molecule has 2 atom stereocenters. The summed E-state index contributed by atoms with van der Waals surface area (Å²) in [5, 5.41) is 3.29. The van der Waals surface area contributed by atoms with Crippen LogP contribution < -0.4 is 10.1 Å². The Balaban J connectivity index is 1.72. The van der Waals surface area contributed by atoms with Gasteiger partial charge in [0.25, 0.3) is 5.91 Å². The Kier molecular flexibility index (Phi) is 2.96. The van der Waals surface area contributed by atoms with Gasteiger partial charge in [-0.1, -0.05) is 18.2 Å². The Bertz CT molecular complexity index is 436. The number of benzene rings is 1. The molecule has 0 bridgehead atoms. The number of nitrogens with one attached hydrogen (secondary N) is 1. The monoisotopic (exact) mass is 246 g/mol. The molecule has 4 nitrogen and oxygen atoms in total. The number of ether oxygens (including phenoxy) is 1. The minimum Gasteiger partial charge on any atom is -0.480 e. The molecule has 0 spiro atoms. The van der Waals surface area contributed by atoms with Crippen LogP contribution in [0.25, 0.3) is 0 Å². The van der Waals surface area contributed by atoms with Gasteiger partial charge in [-0.15, -0.1) is 0 Å². The van der Waals surface area contributed by atoms with Crippen molar-refractivity contribution in [2.75, 3.05) is 19.6 Å². The Morgan fingerprint density at radius 3 is 3.06 bits per heavy atom. The molecule has 1 saturated heterocycles. The van der Waals surface area contributed by atoms with Crippen molar-refractivity contribution < 1.29 is 9.53 Å². The van der Waals surface area contributed by atoms with Crippen molar-refractivity contribution in [2.45, 2.75) is 25.5 Å². The number of carbonyl (C=O) groups excluding carboxylic acids is 1. The molecular formula is C14H18N2O2. The number of amides is 1. The first kappa shape index (κ1) is 11.5. The number of rotatable bonds is 1. The second kappa shape index (κ2) is 4.61. The van der Waals surface area contributed by atoms with Crippen LogP contribution >= 0.6 is 0 Å². The zero-order valence-electron chi connectivity index (χ0n) is 10.6. The topological polar surface area (TPSA) is 41.6 Å². The summed E-state index contributed by atoms with van der Waals surface area (Å²) in [4.78, 5) is 14.4. The predicted octanol–water partition coefficient (Wildman–Crippen LogP) is 0.810. The van der Waals surface area contributed by atoms with E-state index in [0.717, 1.165) is 30.9 Å². The lowest BCUT2D eigenvalue weighted by molar-refractivity contribution is -0.140. The summed E-state index contributed by atoms with van der Waals surface area (Å²) in [6.45, 7) is 4.59. The molecule has 0 aliphatic carbocycles. The van der Waals surface area contributed by atoms with Crippen molar-refractivity contribution in [1.82, 2.24) is 10.2 Å². The first-order chi connectivity index (χ1) is 8.75. The Labute approximate surface area is 107 Å². The second-order valence-electron chi connectivity index (χ2n) is 5.00. The molecule has 1 aromatic rings. The third-order valence-corrected chi connectivity index (χ3v) is 3.71. The van der Waals surface area contributed by atoms with Crippen LogP contribution in [-0.2, 0) is 11.2 Å². The van der Waals surface area contributed by atoms with E-state index in [1.807, 2.05) is 29.2 Å². The quantitative estimate of drug-likeness (QED) is 0.797. The van der Waals surface area contributed by atoms with Gasteiger partial charge in [0.2, 0.25) is 0 Å². The van der Waals surface area contributed by atoms with Gasteiger partial charge in [-0.25, -0.2) is 0 Å². The van der Waals surface area contributed by atoms with Crippen LogP contribution in [0.1, 0.15) is 12.5 Å². The van der Waals surface area contributed by atoms with Crippen LogP contribution in [-0.4, -0.2) is 42.6 Å². The van der Waals surface area contributed by atoms with Gasteiger partial charge >= 0.3 is 0 Å². The lowest BCUT2D eigenvalue weighted by atomic mass is 10.1. The molecule has 1 amide bonds. The van der Waals surface area contributed by atoms with E-state index in [1.165, 1.54) is 0 Å². The van der Waals surface area contributed by atoms with Gasteiger partial charge in [0.05, 0.1) is 0 Å². The third-order valence-electron chi connectivity index (χ3n) is 3.71. The summed E-state index contributed by atoms with van der Waals surface area (Å²) in [5.74, 6) is 0.985. The van der Waals surface area contributed by atoms with Gasteiger partial charge in [-0.05, 0) is 18.6 Å². The maximum Gasteiger partial charge on any atom is 0.264 e. The Morgan fingerprint density at radius 1 is 1.44 bits per heavy atom. The third kappa shape index (κ3) is 1.97. The highest BCUT2D eigenvalue weighted by Gasteiger charge is 2.34. The minimum absolute atomic E-state index is 0.125. The van der Waals surface area contributed by atoms with Crippen LogP contribution in [0.3, 0.4) is 0 Å². The number of nitrogens with zero attached hydrogens (tertiary/aromatic N) is 1. The highest BCUT2D eigenvalue weighted by molar-refractivity contribution is 5.83. The molecule has 2 heterocycles. The van der Waals surface area contributed by atoms with Crippen molar-refractivity contribution in [1.29, 1.82) is 0 Å². The van der Waals surface area contributed by atoms with Crippen molar-refractivity contribution in [3.05, 3.63) is 29.8 Å². The van der Waals surface area contributed by atoms with Crippen LogP contribution in [0.2, 0.25) is 0 Å². The van der Waals surface area contributed by atoms with Crippen molar-refractivity contribution in [2.24, 2.45) is 0 Å². The summed E-state index contributed by atoms with van der Waals surface area (Å²) in [7, 11) is 0. The van der Waals surface area contributed by atoms with Crippen molar-refractivity contribution in [3.63, 3.8) is 0 Å². The highest BCUT2D eigenvalue weighted by Crippen LogP contribution is 2.29. The smallest absolute Gasteiger partial charge is 0.264 e. The van der Waals surface area contributed by atoms with Crippen LogP contribution in [0.15, 0.2) is 24.3 Å². The van der Waals surface area contributed by atoms with E-state index in [2.05, 4.69) is 12.2 Å².